The average Bonchev–Trinajstić information content (AvgIpc) is 2.83. The third-order valence-corrected chi connectivity index (χ3v) is 7.69. The number of carbonyl (C=O) groups is 1. The number of carbonyl (C=O) groups excluding carboxylic acids is 1. The van der Waals surface area contributed by atoms with Crippen LogP contribution < -0.4 is 14.4 Å². The van der Waals surface area contributed by atoms with Crippen molar-refractivity contribution in [1.82, 2.24) is 10.2 Å². The number of likely N-dealkylation sites (tertiary alicyclic amines) is 1. The Morgan fingerprint density at radius 2 is 1.76 bits per heavy atom. The van der Waals surface area contributed by atoms with Gasteiger partial charge in [-0.25, -0.2) is 8.42 Å². The van der Waals surface area contributed by atoms with Gasteiger partial charge < -0.3 is 15.0 Å². The molecule has 0 unspecified atom stereocenters. The van der Waals surface area contributed by atoms with Gasteiger partial charge in [0, 0.05) is 6.54 Å². The van der Waals surface area contributed by atoms with Crippen molar-refractivity contribution in [2.45, 2.75) is 38.0 Å². The summed E-state index contributed by atoms with van der Waals surface area (Å²) in [5, 5.41) is 2.89. The molecule has 2 aromatic rings. The molecule has 0 radical (unpaired) electrons. The molecule has 0 saturated carbocycles. The van der Waals surface area contributed by atoms with Gasteiger partial charge in [-0.15, -0.1) is 0 Å². The lowest BCUT2D eigenvalue weighted by atomic mass is 9.99. The molecule has 2 aromatic carbocycles. The highest BCUT2D eigenvalue weighted by atomic mass is 32.2. The van der Waals surface area contributed by atoms with Crippen molar-refractivity contribution in [2.24, 2.45) is 5.92 Å². The van der Waals surface area contributed by atoms with Crippen LogP contribution in [0.4, 0.5) is 5.69 Å². The molecule has 33 heavy (non-hydrogen) atoms. The molecule has 180 valence electrons. The van der Waals surface area contributed by atoms with E-state index in [1.54, 1.807) is 42.5 Å². The van der Waals surface area contributed by atoms with E-state index in [4.69, 9.17) is 4.74 Å². The van der Waals surface area contributed by atoms with Crippen molar-refractivity contribution >= 4 is 21.6 Å². The predicted molar refractivity (Wildman–Crippen MR) is 131 cm³/mol. The van der Waals surface area contributed by atoms with Crippen LogP contribution in [0.2, 0.25) is 0 Å². The maximum atomic E-state index is 13.3. The molecule has 7 nitrogen and oxygen atoms in total. The van der Waals surface area contributed by atoms with E-state index < -0.39 is 10.0 Å². The van der Waals surface area contributed by atoms with E-state index in [9.17, 15) is 13.2 Å². The summed E-state index contributed by atoms with van der Waals surface area (Å²) in [6, 6.07) is 14.9. The number of anilines is 1. The van der Waals surface area contributed by atoms with Gasteiger partial charge in [-0.05, 0) is 88.1 Å². The number of hydrogen-bond donors (Lipinski definition) is 1. The second kappa shape index (κ2) is 12.0. The molecule has 1 aliphatic heterocycles. The second-order valence-electron chi connectivity index (χ2n) is 8.48. The number of sulfonamides is 1. The first-order valence-electron chi connectivity index (χ1n) is 11.7. The predicted octanol–water partition coefficient (Wildman–Crippen LogP) is 3.52. The molecule has 1 N–H and O–H groups in total. The van der Waals surface area contributed by atoms with Crippen LogP contribution in [-0.2, 0) is 14.8 Å². The number of nitrogens with zero attached hydrogens (tertiary/aromatic N) is 2. The Morgan fingerprint density at radius 1 is 1.09 bits per heavy atom. The van der Waals surface area contributed by atoms with Gasteiger partial charge in [0.05, 0.1) is 17.2 Å². The van der Waals surface area contributed by atoms with E-state index in [1.165, 1.54) is 25.0 Å². The van der Waals surface area contributed by atoms with Crippen LogP contribution in [0.25, 0.3) is 0 Å². The standard InChI is InChI=1S/C25H35N3O4S/c1-3-32-23-12-10-22(11-13-23)28(33(30,31)24-8-5-4-6-9-24)20-25(29)26-16-7-17-27-18-14-21(2)15-19-27/h4-6,8-13,21H,3,7,14-20H2,1-2H3,(H,26,29). The van der Waals surface area contributed by atoms with Crippen molar-refractivity contribution < 1.29 is 17.9 Å². The van der Waals surface area contributed by atoms with Crippen LogP contribution in [0, 0.1) is 5.92 Å². The summed E-state index contributed by atoms with van der Waals surface area (Å²) in [6.45, 7) is 8.08. The summed E-state index contributed by atoms with van der Waals surface area (Å²) in [4.78, 5) is 15.3. The zero-order chi connectivity index (χ0) is 23.7. The largest absolute Gasteiger partial charge is 0.494 e. The third-order valence-electron chi connectivity index (χ3n) is 5.90. The van der Waals surface area contributed by atoms with Gasteiger partial charge in [0.2, 0.25) is 5.91 Å². The van der Waals surface area contributed by atoms with Crippen molar-refractivity contribution in [2.75, 3.05) is 43.6 Å². The number of piperidine rings is 1. The topological polar surface area (TPSA) is 79.0 Å². The lowest BCUT2D eigenvalue weighted by Gasteiger charge is -2.30. The molecule has 0 spiro atoms. The highest BCUT2D eigenvalue weighted by Gasteiger charge is 2.27. The number of rotatable bonds is 11. The van der Waals surface area contributed by atoms with Gasteiger partial charge in [0.1, 0.15) is 12.3 Å². The van der Waals surface area contributed by atoms with E-state index in [0.29, 0.717) is 24.6 Å². The Hall–Kier alpha value is -2.58. The number of hydrogen-bond acceptors (Lipinski definition) is 5. The quantitative estimate of drug-likeness (QED) is 0.505. The molecule has 3 rings (SSSR count). The second-order valence-corrected chi connectivity index (χ2v) is 10.3. The Labute approximate surface area is 197 Å². The Morgan fingerprint density at radius 3 is 2.39 bits per heavy atom. The fraction of sp³-hybridized carbons (Fsp3) is 0.480. The fourth-order valence-electron chi connectivity index (χ4n) is 3.91. The molecule has 1 heterocycles. The number of ether oxygens (including phenoxy) is 1. The SMILES string of the molecule is CCOc1ccc(N(CC(=O)NCCCN2CCC(C)CC2)S(=O)(=O)c2ccccc2)cc1. The summed E-state index contributed by atoms with van der Waals surface area (Å²) < 4.78 is 33.3. The van der Waals surface area contributed by atoms with Gasteiger partial charge in [-0.3, -0.25) is 9.10 Å². The number of amides is 1. The van der Waals surface area contributed by atoms with Crippen LogP contribution >= 0.6 is 0 Å². The van der Waals surface area contributed by atoms with Crippen molar-refractivity contribution in [3.63, 3.8) is 0 Å². The maximum Gasteiger partial charge on any atom is 0.264 e. The zero-order valence-corrected chi connectivity index (χ0v) is 20.4. The summed E-state index contributed by atoms with van der Waals surface area (Å²) >= 11 is 0. The third kappa shape index (κ3) is 7.20. The van der Waals surface area contributed by atoms with E-state index in [2.05, 4.69) is 17.1 Å². The van der Waals surface area contributed by atoms with E-state index >= 15 is 0 Å². The smallest absolute Gasteiger partial charge is 0.264 e. The molecule has 0 bridgehead atoms. The van der Waals surface area contributed by atoms with Gasteiger partial charge in [0.25, 0.3) is 10.0 Å². The minimum absolute atomic E-state index is 0.144. The minimum Gasteiger partial charge on any atom is -0.494 e. The average molecular weight is 474 g/mol. The lowest BCUT2D eigenvalue weighted by molar-refractivity contribution is -0.119. The van der Waals surface area contributed by atoms with E-state index in [0.717, 1.165) is 36.3 Å². The molecule has 1 fully saturated rings. The van der Waals surface area contributed by atoms with Gasteiger partial charge in [0.15, 0.2) is 0 Å². The first-order valence-corrected chi connectivity index (χ1v) is 13.1. The minimum atomic E-state index is -3.90. The molecule has 0 aromatic heterocycles. The van der Waals surface area contributed by atoms with Crippen LogP contribution in [0.1, 0.15) is 33.1 Å². The van der Waals surface area contributed by atoms with E-state index in [-0.39, 0.29) is 17.3 Å². The molecule has 1 saturated heterocycles. The highest BCUT2D eigenvalue weighted by Crippen LogP contribution is 2.25. The van der Waals surface area contributed by atoms with Crippen molar-refractivity contribution in [3.05, 3.63) is 54.6 Å². The molecule has 0 atom stereocenters. The van der Waals surface area contributed by atoms with Gasteiger partial charge >= 0.3 is 0 Å². The Balaban J connectivity index is 1.64. The normalized spacial score (nSPS) is 15.2. The number of nitrogens with one attached hydrogen (secondary N) is 1. The summed E-state index contributed by atoms with van der Waals surface area (Å²) in [5.41, 5.74) is 0.417. The van der Waals surface area contributed by atoms with Crippen LogP contribution in [0.15, 0.2) is 59.5 Å². The first-order chi connectivity index (χ1) is 15.9. The Bertz CT molecular complexity index is 972. The fourth-order valence-corrected chi connectivity index (χ4v) is 5.35. The number of benzene rings is 2. The molecular formula is C25H35N3O4S. The van der Waals surface area contributed by atoms with Gasteiger partial charge in [-0.1, -0.05) is 25.1 Å². The first kappa shape index (κ1) is 25.1. The van der Waals surface area contributed by atoms with Crippen molar-refractivity contribution in [3.8, 4) is 5.75 Å². The van der Waals surface area contributed by atoms with Crippen LogP contribution in [0.5, 0.6) is 5.75 Å². The molecule has 1 amide bonds. The monoisotopic (exact) mass is 473 g/mol. The van der Waals surface area contributed by atoms with Crippen LogP contribution in [-0.4, -0.2) is 58.6 Å². The maximum absolute atomic E-state index is 13.3. The molecule has 8 heteroatoms. The summed E-state index contributed by atoms with van der Waals surface area (Å²) in [6.07, 6.45) is 3.29. The summed E-state index contributed by atoms with van der Waals surface area (Å²) in [7, 11) is -3.90. The molecule has 0 aliphatic carbocycles. The van der Waals surface area contributed by atoms with Crippen molar-refractivity contribution in [1.29, 1.82) is 0 Å². The lowest BCUT2D eigenvalue weighted by Crippen LogP contribution is -2.41. The van der Waals surface area contributed by atoms with E-state index in [1.807, 2.05) is 6.92 Å². The molecular weight excluding hydrogens is 438 g/mol. The van der Waals surface area contributed by atoms with Crippen LogP contribution in [0.3, 0.4) is 0 Å². The summed E-state index contributed by atoms with van der Waals surface area (Å²) in [5.74, 6) is 1.12. The zero-order valence-electron chi connectivity index (χ0n) is 19.6. The Kier molecular flexibility index (Phi) is 9.14. The van der Waals surface area contributed by atoms with Gasteiger partial charge in [-0.2, -0.15) is 0 Å². The molecule has 1 aliphatic rings. The highest BCUT2D eigenvalue weighted by molar-refractivity contribution is 7.92.